The van der Waals surface area contributed by atoms with Crippen LogP contribution in [0.2, 0.25) is 0 Å². The monoisotopic (exact) mass is 396 g/mol. The lowest BCUT2D eigenvalue weighted by Gasteiger charge is -2.10. The van der Waals surface area contributed by atoms with Gasteiger partial charge in [-0.3, -0.25) is 19.8 Å². The van der Waals surface area contributed by atoms with E-state index in [4.69, 9.17) is 4.74 Å². The summed E-state index contributed by atoms with van der Waals surface area (Å²) in [7, 11) is 1.51. The molecule has 0 aromatic heterocycles. The van der Waals surface area contributed by atoms with Crippen LogP contribution in [-0.4, -0.2) is 24.8 Å². The summed E-state index contributed by atoms with van der Waals surface area (Å²) < 4.78 is 5.17. The van der Waals surface area contributed by atoms with E-state index in [0.29, 0.717) is 22.8 Å². The summed E-state index contributed by atoms with van der Waals surface area (Å²) >= 11 is 0. The maximum atomic E-state index is 12.1. The first kappa shape index (κ1) is 21.5. The van der Waals surface area contributed by atoms with E-state index >= 15 is 0 Å². The second kappa shape index (κ2) is 10.5. The number of anilines is 2. The minimum atomic E-state index is -0.887. The van der Waals surface area contributed by atoms with Gasteiger partial charge in [0.25, 0.3) is 0 Å². The van der Waals surface area contributed by atoms with E-state index in [1.54, 1.807) is 43.3 Å². The molecule has 0 saturated carbocycles. The van der Waals surface area contributed by atoms with Crippen LogP contribution in [0, 0.1) is 0 Å². The zero-order valence-electron chi connectivity index (χ0n) is 16.5. The molecule has 4 N–H and O–H groups in total. The van der Waals surface area contributed by atoms with Gasteiger partial charge in [0, 0.05) is 17.5 Å². The molecule has 0 aliphatic carbocycles. The average Bonchev–Trinajstić information content (AvgIpc) is 2.72. The maximum Gasteiger partial charge on any atom is 0.327 e. The van der Waals surface area contributed by atoms with Crippen molar-refractivity contribution in [2.45, 2.75) is 20.3 Å². The van der Waals surface area contributed by atoms with E-state index in [-0.39, 0.29) is 0 Å². The van der Waals surface area contributed by atoms with Gasteiger partial charge in [-0.25, -0.2) is 0 Å². The largest absolute Gasteiger partial charge is 0.495 e. The Kier molecular flexibility index (Phi) is 7.78. The van der Waals surface area contributed by atoms with Crippen molar-refractivity contribution in [2.75, 3.05) is 17.7 Å². The van der Waals surface area contributed by atoms with Gasteiger partial charge in [-0.15, -0.1) is 0 Å². The molecule has 0 heterocycles. The molecule has 0 fully saturated rings. The number of hydrogen-bond donors (Lipinski definition) is 4. The minimum Gasteiger partial charge on any atom is -0.495 e. The highest BCUT2D eigenvalue weighted by Gasteiger charge is 2.13. The first-order valence-electron chi connectivity index (χ1n) is 9.01. The molecule has 0 aliphatic rings. The third-order valence-electron chi connectivity index (χ3n) is 3.91. The van der Waals surface area contributed by atoms with Gasteiger partial charge < -0.3 is 20.8 Å². The zero-order chi connectivity index (χ0) is 21.2. The molecule has 0 aliphatic heterocycles. The van der Waals surface area contributed by atoms with Crippen molar-refractivity contribution in [1.82, 2.24) is 10.9 Å². The molecule has 3 amide bonds. The van der Waals surface area contributed by atoms with Crippen molar-refractivity contribution in [2.24, 2.45) is 0 Å². The molecule has 0 spiro atoms. The Hall–Kier alpha value is -3.81. The number of allylic oxidation sites excluding steroid dienone is 1. The number of amides is 3. The first-order valence-corrected chi connectivity index (χ1v) is 9.01. The fourth-order valence-corrected chi connectivity index (χ4v) is 2.37. The Labute approximate surface area is 169 Å². The molecule has 0 saturated heterocycles. The van der Waals surface area contributed by atoms with Crippen molar-refractivity contribution >= 4 is 29.1 Å². The van der Waals surface area contributed by atoms with Crippen molar-refractivity contribution < 1.29 is 19.1 Å². The van der Waals surface area contributed by atoms with E-state index in [1.807, 2.05) is 19.1 Å². The molecule has 0 atom stereocenters. The molecule has 2 aromatic carbocycles. The number of para-hydroxylation sites is 2. The molecule has 0 bridgehead atoms. The highest BCUT2D eigenvalue weighted by molar-refractivity contribution is 6.39. The predicted octanol–water partition coefficient (Wildman–Crippen LogP) is 2.36. The number of rotatable bonds is 7. The van der Waals surface area contributed by atoms with Gasteiger partial charge >= 0.3 is 11.8 Å². The van der Waals surface area contributed by atoms with Crippen LogP contribution in [0.4, 0.5) is 11.4 Å². The van der Waals surface area contributed by atoms with Crippen LogP contribution >= 0.6 is 0 Å². The van der Waals surface area contributed by atoms with Crippen LogP contribution in [0.1, 0.15) is 19.4 Å². The van der Waals surface area contributed by atoms with E-state index in [1.165, 1.54) is 13.2 Å². The lowest BCUT2D eigenvalue weighted by Crippen LogP contribution is -2.43. The Morgan fingerprint density at radius 1 is 0.931 bits per heavy atom. The van der Waals surface area contributed by atoms with Crippen molar-refractivity contribution in [3.05, 3.63) is 65.9 Å². The third kappa shape index (κ3) is 6.69. The lowest BCUT2D eigenvalue weighted by molar-refractivity contribution is -0.136. The number of carbonyl (C=O) groups is 3. The fourth-order valence-electron chi connectivity index (χ4n) is 2.37. The summed E-state index contributed by atoms with van der Waals surface area (Å²) in [5, 5.41) is 5.17. The minimum absolute atomic E-state index is 0.339. The number of benzene rings is 2. The molecular formula is C21H24N4O4. The molecule has 2 aromatic rings. The van der Waals surface area contributed by atoms with Gasteiger partial charge in [-0.05, 0) is 43.2 Å². The van der Waals surface area contributed by atoms with Crippen LogP contribution in [-0.2, 0) is 20.8 Å². The third-order valence-corrected chi connectivity index (χ3v) is 3.91. The van der Waals surface area contributed by atoms with Gasteiger partial charge in [0.05, 0.1) is 12.8 Å². The molecule has 29 heavy (non-hydrogen) atoms. The first-order chi connectivity index (χ1) is 13.9. The summed E-state index contributed by atoms with van der Waals surface area (Å²) in [6, 6.07) is 14.2. The van der Waals surface area contributed by atoms with Gasteiger partial charge in [-0.2, -0.15) is 0 Å². The molecule has 2 rings (SSSR count). The fraction of sp³-hybridized carbons (Fsp3) is 0.190. The number of methoxy groups -OCH3 is 1. The van der Waals surface area contributed by atoms with Crippen molar-refractivity contribution in [1.29, 1.82) is 0 Å². The average molecular weight is 396 g/mol. The maximum absolute atomic E-state index is 12.1. The quantitative estimate of drug-likeness (QED) is 0.326. The van der Waals surface area contributed by atoms with Crippen molar-refractivity contribution in [3.8, 4) is 5.75 Å². The molecule has 0 radical (unpaired) electrons. The van der Waals surface area contributed by atoms with Crippen LogP contribution < -0.4 is 26.2 Å². The zero-order valence-corrected chi connectivity index (χ0v) is 16.5. The highest BCUT2D eigenvalue weighted by atomic mass is 16.5. The number of aryl methyl sites for hydroxylation is 1. The van der Waals surface area contributed by atoms with Crippen LogP contribution in [0.15, 0.2) is 60.3 Å². The topological polar surface area (TPSA) is 109 Å². The predicted molar refractivity (Wildman–Crippen MR) is 111 cm³/mol. The van der Waals surface area contributed by atoms with Gasteiger partial charge in [0.1, 0.15) is 5.75 Å². The lowest BCUT2D eigenvalue weighted by atomic mass is 10.1. The van der Waals surface area contributed by atoms with Crippen LogP contribution in [0.25, 0.3) is 0 Å². The van der Waals surface area contributed by atoms with E-state index in [0.717, 1.165) is 12.0 Å². The van der Waals surface area contributed by atoms with E-state index < -0.39 is 17.7 Å². The molecule has 8 nitrogen and oxygen atoms in total. The second-order valence-corrected chi connectivity index (χ2v) is 6.10. The number of hydrogen-bond acceptors (Lipinski definition) is 5. The number of carbonyl (C=O) groups excluding carboxylic acids is 3. The second-order valence-electron chi connectivity index (χ2n) is 6.10. The Bertz CT molecular complexity index is 907. The Balaban J connectivity index is 1.84. The Morgan fingerprint density at radius 2 is 1.62 bits per heavy atom. The molecule has 0 unspecified atom stereocenters. The van der Waals surface area contributed by atoms with Crippen molar-refractivity contribution in [3.63, 3.8) is 0 Å². The normalized spacial score (nSPS) is 10.7. The summed E-state index contributed by atoms with van der Waals surface area (Å²) in [6.07, 6.45) is 2.13. The highest BCUT2D eigenvalue weighted by Crippen LogP contribution is 2.22. The van der Waals surface area contributed by atoms with Gasteiger partial charge in [0.2, 0.25) is 5.91 Å². The molecule has 152 valence electrons. The smallest absolute Gasteiger partial charge is 0.327 e. The van der Waals surface area contributed by atoms with E-state index in [9.17, 15) is 14.4 Å². The van der Waals surface area contributed by atoms with Crippen LogP contribution in [0.5, 0.6) is 5.75 Å². The summed E-state index contributed by atoms with van der Waals surface area (Å²) in [4.78, 5) is 35.9. The van der Waals surface area contributed by atoms with Gasteiger partial charge in [0.15, 0.2) is 0 Å². The van der Waals surface area contributed by atoms with Gasteiger partial charge in [-0.1, -0.05) is 31.2 Å². The van der Waals surface area contributed by atoms with E-state index in [2.05, 4.69) is 21.5 Å². The van der Waals surface area contributed by atoms with Crippen LogP contribution in [0.3, 0.4) is 0 Å². The standard InChI is InChI=1S/C21H24N4O4/c1-4-15-9-11-16(12-10-15)22-20(27)21(28)25-24-14(2)13-19(26)23-17-7-5-6-8-18(17)29-3/h5-13,24H,4H2,1-3H3,(H,22,27)(H,23,26)(H,25,28). The number of hydrazine groups is 1. The Morgan fingerprint density at radius 3 is 2.28 bits per heavy atom. The number of ether oxygens (including phenoxy) is 1. The summed E-state index contributed by atoms with van der Waals surface area (Å²) in [5.74, 6) is -1.61. The number of nitrogens with one attached hydrogen (secondary N) is 4. The SMILES string of the molecule is CCc1ccc(NC(=O)C(=O)NNC(C)=CC(=O)Nc2ccccc2OC)cc1. The summed E-state index contributed by atoms with van der Waals surface area (Å²) in [6.45, 7) is 3.60. The molecular weight excluding hydrogens is 372 g/mol. The summed E-state index contributed by atoms with van der Waals surface area (Å²) in [5.41, 5.74) is 7.26. The molecule has 8 heteroatoms.